The monoisotopic (exact) mass is 328 g/mol. The van der Waals surface area contributed by atoms with Crippen LogP contribution in [0.15, 0.2) is 30.6 Å². The van der Waals surface area contributed by atoms with E-state index in [2.05, 4.69) is 10.4 Å². The third-order valence-electron chi connectivity index (χ3n) is 2.65. The lowest BCUT2D eigenvalue weighted by Gasteiger charge is -2.07. The van der Waals surface area contributed by atoms with Crippen LogP contribution in [0.3, 0.4) is 0 Å². The number of nitro benzene ring substituents is 1. The molecule has 1 amide bonds. The minimum atomic E-state index is -0.686. The van der Waals surface area contributed by atoms with Gasteiger partial charge in [-0.2, -0.15) is 5.10 Å². The average Bonchev–Trinajstić information content (AvgIpc) is 2.94. The summed E-state index contributed by atoms with van der Waals surface area (Å²) in [6.07, 6.45) is 3.39. The van der Waals surface area contributed by atoms with Crippen molar-refractivity contribution < 1.29 is 9.72 Å². The number of benzene rings is 1. The highest BCUT2D eigenvalue weighted by molar-refractivity contribution is 6.43. The summed E-state index contributed by atoms with van der Waals surface area (Å²) in [7, 11) is 0. The summed E-state index contributed by atoms with van der Waals surface area (Å²) in [6.45, 7) is 0.816. The molecule has 0 aliphatic heterocycles. The fraction of sp³-hybridized carbons (Fsp3) is 0.167. The first-order valence-electron chi connectivity index (χ1n) is 5.88. The molecule has 0 unspecified atom stereocenters. The van der Waals surface area contributed by atoms with Gasteiger partial charge < -0.3 is 5.32 Å². The van der Waals surface area contributed by atoms with Crippen LogP contribution in [0.1, 0.15) is 10.4 Å². The number of nitro groups is 1. The number of aromatic nitrogens is 2. The smallest absolute Gasteiger partial charge is 0.290 e. The largest absolute Gasteiger partial charge is 0.350 e. The van der Waals surface area contributed by atoms with E-state index in [9.17, 15) is 14.9 Å². The zero-order chi connectivity index (χ0) is 15.4. The lowest BCUT2D eigenvalue weighted by Crippen LogP contribution is -2.27. The highest BCUT2D eigenvalue weighted by Crippen LogP contribution is 2.32. The minimum absolute atomic E-state index is 0.0388. The molecule has 110 valence electrons. The molecule has 2 rings (SSSR count). The molecule has 0 saturated carbocycles. The Labute approximate surface area is 129 Å². The van der Waals surface area contributed by atoms with E-state index >= 15 is 0 Å². The fourth-order valence-electron chi connectivity index (χ4n) is 1.66. The molecule has 1 aromatic heterocycles. The van der Waals surface area contributed by atoms with Gasteiger partial charge in [0.15, 0.2) is 0 Å². The van der Waals surface area contributed by atoms with Crippen LogP contribution in [-0.4, -0.2) is 27.2 Å². The van der Waals surface area contributed by atoms with Gasteiger partial charge in [0, 0.05) is 30.6 Å². The van der Waals surface area contributed by atoms with Crippen molar-refractivity contribution in [2.45, 2.75) is 6.54 Å². The standard InChI is InChI=1S/C12H10Cl2N4O3/c13-9-6-8(7-10(11(9)14)18(20)21)12(19)15-3-5-17-4-1-2-16-17/h1-2,4,6-7H,3,5H2,(H,15,19). The molecule has 21 heavy (non-hydrogen) atoms. The maximum absolute atomic E-state index is 11.9. The molecule has 0 fully saturated rings. The number of nitrogens with zero attached hydrogens (tertiary/aromatic N) is 3. The fourth-order valence-corrected chi connectivity index (χ4v) is 2.05. The molecule has 9 heteroatoms. The van der Waals surface area contributed by atoms with Crippen molar-refractivity contribution in [1.82, 2.24) is 15.1 Å². The SMILES string of the molecule is O=C(NCCn1cccn1)c1cc(Cl)c(Cl)c([N+](=O)[O-])c1. The normalized spacial score (nSPS) is 10.4. The van der Waals surface area contributed by atoms with E-state index in [0.29, 0.717) is 13.1 Å². The Balaban J connectivity index is 2.07. The predicted molar refractivity (Wildman–Crippen MR) is 77.7 cm³/mol. The zero-order valence-electron chi connectivity index (χ0n) is 10.6. The number of rotatable bonds is 5. The van der Waals surface area contributed by atoms with E-state index in [0.717, 1.165) is 6.07 Å². The molecule has 0 bridgehead atoms. The molecule has 0 radical (unpaired) electrons. The zero-order valence-corrected chi connectivity index (χ0v) is 12.1. The van der Waals surface area contributed by atoms with Gasteiger partial charge in [0.25, 0.3) is 11.6 Å². The Kier molecular flexibility index (Phi) is 4.77. The number of hydrogen-bond acceptors (Lipinski definition) is 4. The van der Waals surface area contributed by atoms with Crippen LogP contribution >= 0.6 is 23.2 Å². The molecule has 2 aromatic rings. The van der Waals surface area contributed by atoms with Crippen molar-refractivity contribution >= 4 is 34.8 Å². The van der Waals surface area contributed by atoms with Crippen molar-refractivity contribution in [3.8, 4) is 0 Å². The highest BCUT2D eigenvalue weighted by atomic mass is 35.5. The number of amides is 1. The van der Waals surface area contributed by atoms with Crippen LogP contribution < -0.4 is 5.32 Å². The van der Waals surface area contributed by atoms with E-state index in [-0.39, 0.29) is 15.6 Å². The molecule has 0 aliphatic rings. The summed E-state index contributed by atoms with van der Waals surface area (Å²) in [5.41, 5.74) is -0.321. The van der Waals surface area contributed by atoms with Gasteiger partial charge >= 0.3 is 0 Å². The average molecular weight is 329 g/mol. The maximum Gasteiger partial charge on any atom is 0.290 e. The number of halogens is 2. The quantitative estimate of drug-likeness (QED) is 0.674. The second-order valence-electron chi connectivity index (χ2n) is 4.07. The minimum Gasteiger partial charge on any atom is -0.350 e. The molecular weight excluding hydrogens is 319 g/mol. The molecule has 0 saturated heterocycles. The van der Waals surface area contributed by atoms with Crippen molar-refractivity contribution in [2.24, 2.45) is 0 Å². The third-order valence-corrected chi connectivity index (χ3v) is 3.45. The molecule has 7 nitrogen and oxygen atoms in total. The Hall–Kier alpha value is -2.12. The van der Waals surface area contributed by atoms with Gasteiger partial charge in [0.1, 0.15) is 5.02 Å². The van der Waals surface area contributed by atoms with E-state index in [1.54, 1.807) is 23.1 Å². The van der Waals surface area contributed by atoms with Gasteiger partial charge in [-0.25, -0.2) is 0 Å². The summed E-state index contributed by atoms with van der Waals surface area (Å²) in [5, 5.41) is 17.2. The second-order valence-corrected chi connectivity index (χ2v) is 4.86. The Morgan fingerprint density at radius 1 is 1.43 bits per heavy atom. The summed E-state index contributed by atoms with van der Waals surface area (Å²) >= 11 is 11.5. The molecule has 0 aliphatic carbocycles. The van der Waals surface area contributed by atoms with Gasteiger partial charge in [-0.3, -0.25) is 19.6 Å². The van der Waals surface area contributed by atoms with Crippen LogP contribution in [-0.2, 0) is 6.54 Å². The highest BCUT2D eigenvalue weighted by Gasteiger charge is 2.19. The lowest BCUT2D eigenvalue weighted by atomic mass is 10.2. The number of nitrogens with one attached hydrogen (secondary N) is 1. The van der Waals surface area contributed by atoms with Crippen molar-refractivity contribution in [3.63, 3.8) is 0 Å². The number of carbonyl (C=O) groups is 1. The second kappa shape index (κ2) is 6.55. The lowest BCUT2D eigenvalue weighted by molar-refractivity contribution is -0.384. The maximum atomic E-state index is 11.9. The molecule has 1 N–H and O–H groups in total. The summed E-state index contributed by atoms with van der Waals surface area (Å²) in [6, 6.07) is 4.15. The van der Waals surface area contributed by atoms with E-state index in [1.807, 2.05) is 0 Å². The predicted octanol–water partition coefficient (Wildman–Crippen LogP) is 2.53. The third kappa shape index (κ3) is 3.71. The molecule has 0 spiro atoms. The number of hydrogen-bond donors (Lipinski definition) is 1. The van der Waals surface area contributed by atoms with Crippen molar-refractivity contribution in [1.29, 1.82) is 0 Å². The Bertz CT molecular complexity index is 673. The first-order chi connectivity index (χ1) is 9.99. The van der Waals surface area contributed by atoms with Crippen LogP contribution in [0.5, 0.6) is 0 Å². The van der Waals surface area contributed by atoms with Crippen LogP contribution in [0.4, 0.5) is 5.69 Å². The van der Waals surface area contributed by atoms with Gasteiger partial charge in [0.2, 0.25) is 0 Å². The van der Waals surface area contributed by atoms with Crippen molar-refractivity contribution in [2.75, 3.05) is 6.54 Å². The first kappa shape index (κ1) is 15.3. The van der Waals surface area contributed by atoms with Crippen molar-refractivity contribution in [3.05, 3.63) is 56.3 Å². The summed E-state index contributed by atoms with van der Waals surface area (Å²) < 4.78 is 1.65. The van der Waals surface area contributed by atoms with Crippen LogP contribution in [0.25, 0.3) is 0 Å². The first-order valence-corrected chi connectivity index (χ1v) is 6.63. The van der Waals surface area contributed by atoms with E-state index < -0.39 is 16.5 Å². The number of carbonyl (C=O) groups excluding carboxylic acids is 1. The van der Waals surface area contributed by atoms with E-state index in [4.69, 9.17) is 23.2 Å². The van der Waals surface area contributed by atoms with Gasteiger partial charge in [-0.15, -0.1) is 0 Å². The molecule has 0 atom stereocenters. The van der Waals surface area contributed by atoms with Gasteiger partial charge in [0.05, 0.1) is 16.5 Å². The summed E-state index contributed by atoms with van der Waals surface area (Å²) in [5.74, 6) is -0.469. The molecular formula is C12H10Cl2N4O3. The van der Waals surface area contributed by atoms with Crippen LogP contribution in [0.2, 0.25) is 10.0 Å². The Morgan fingerprint density at radius 3 is 2.81 bits per heavy atom. The topological polar surface area (TPSA) is 90.1 Å². The summed E-state index contributed by atoms with van der Waals surface area (Å²) in [4.78, 5) is 22.1. The van der Waals surface area contributed by atoms with Gasteiger partial charge in [-0.1, -0.05) is 23.2 Å². The van der Waals surface area contributed by atoms with Crippen LogP contribution in [0, 0.1) is 10.1 Å². The Morgan fingerprint density at radius 2 is 2.19 bits per heavy atom. The molecule has 1 aromatic carbocycles. The molecule has 1 heterocycles. The van der Waals surface area contributed by atoms with Gasteiger partial charge in [-0.05, 0) is 12.1 Å². The van der Waals surface area contributed by atoms with E-state index in [1.165, 1.54) is 6.07 Å².